The first-order valence-electron chi connectivity index (χ1n) is 4.23. The fraction of sp³-hybridized carbons (Fsp3) is 0.333. The Labute approximate surface area is 90.7 Å². The van der Waals surface area contributed by atoms with Gasteiger partial charge in [0.2, 0.25) is 0 Å². The number of hydrogen-bond donors (Lipinski definition) is 1. The predicted octanol–water partition coefficient (Wildman–Crippen LogP) is 2.52. The van der Waals surface area contributed by atoms with Gasteiger partial charge in [0.15, 0.2) is 6.17 Å². The van der Waals surface area contributed by atoms with Crippen molar-refractivity contribution in [3.05, 3.63) is 29.3 Å². The van der Waals surface area contributed by atoms with Crippen LogP contribution in [0.3, 0.4) is 0 Å². The van der Waals surface area contributed by atoms with Crippen LogP contribution in [0.4, 0.5) is 13.2 Å². The average Bonchev–Trinajstić information content (AvgIpc) is 2.14. The molecule has 7 heteroatoms. The summed E-state index contributed by atoms with van der Waals surface area (Å²) >= 11 is 0. The second kappa shape index (κ2) is 4.42. The molecule has 1 unspecified atom stereocenters. The number of benzene rings is 1. The zero-order valence-corrected chi connectivity index (χ0v) is 9.01. The molecule has 0 radical (unpaired) electrons. The van der Waals surface area contributed by atoms with Crippen LogP contribution in [0, 0.1) is 6.92 Å². The molecule has 0 aromatic heterocycles. The van der Waals surface area contributed by atoms with Crippen molar-refractivity contribution in [2.24, 2.45) is 0 Å². The van der Waals surface area contributed by atoms with Gasteiger partial charge in [0, 0.05) is 5.56 Å². The number of halogens is 3. The van der Waals surface area contributed by atoms with Crippen molar-refractivity contribution < 1.29 is 26.1 Å². The van der Waals surface area contributed by atoms with Crippen LogP contribution in [0.2, 0.25) is 0 Å². The van der Waals surface area contributed by atoms with Gasteiger partial charge in [-0.3, -0.25) is 4.55 Å². The van der Waals surface area contributed by atoms with Gasteiger partial charge in [0.1, 0.15) is 4.90 Å². The lowest BCUT2D eigenvalue weighted by Gasteiger charge is -2.11. The molecule has 0 fully saturated rings. The van der Waals surface area contributed by atoms with E-state index >= 15 is 0 Å². The van der Waals surface area contributed by atoms with Gasteiger partial charge in [-0.2, -0.15) is 8.42 Å². The molecule has 0 aliphatic rings. The molecular weight excluding hydrogens is 245 g/mol. The van der Waals surface area contributed by atoms with E-state index in [0.29, 0.717) is 5.56 Å². The Morgan fingerprint density at radius 3 is 2.25 bits per heavy atom. The minimum atomic E-state index is -4.70. The Balaban J connectivity index is 3.41. The predicted molar refractivity (Wildman–Crippen MR) is 50.8 cm³/mol. The fourth-order valence-electron chi connectivity index (χ4n) is 1.25. The van der Waals surface area contributed by atoms with Crippen LogP contribution in [0.1, 0.15) is 17.3 Å². The summed E-state index contributed by atoms with van der Waals surface area (Å²) in [5.41, 5.74) is -0.303. The van der Waals surface area contributed by atoms with Crippen LogP contribution < -0.4 is 0 Å². The van der Waals surface area contributed by atoms with Gasteiger partial charge < -0.3 is 0 Å². The van der Waals surface area contributed by atoms with Crippen molar-refractivity contribution in [1.29, 1.82) is 0 Å². The van der Waals surface area contributed by atoms with Gasteiger partial charge in [0.05, 0.1) is 0 Å². The van der Waals surface area contributed by atoms with Crippen LogP contribution in [0.15, 0.2) is 23.1 Å². The van der Waals surface area contributed by atoms with Gasteiger partial charge in [-0.15, -0.1) is 0 Å². The van der Waals surface area contributed by atoms with Crippen LogP contribution in [0.5, 0.6) is 0 Å². The maximum atomic E-state index is 13.1. The Morgan fingerprint density at radius 2 is 1.81 bits per heavy atom. The third-order valence-corrected chi connectivity index (χ3v) is 2.89. The summed E-state index contributed by atoms with van der Waals surface area (Å²) < 4.78 is 67.9. The minimum absolute atomic E-state index is 0.422. The van der Waals surface area contributed by atoms with E-state index in [9.17, 15) is 21.6 Å². The molecule has 0 spiro atoms. The molecular formula is C9H9F3O3S. The lowest BCUT2D eigenvalue weighted by Crippen LogP contribution is -2.10. The second-order valence-corrected chi connectivity index (χ2v) is 4.64. The fourth-order valence-corrected chi connectivity index (χ4v) is 1.96. The number of aryl methyl sites for hydroxylation is 1. The molecule has 90 valence electrons. The molecule has 3 nitrogen and oxygen atoms in total. The SMILES string of the molecule is Cc1ccc(S(=O)(=O)O)c(C(F)C(F)F)c1. The summed E-state index contributed by atoms with van der Waals surface area (Å²) in [5, 5.41) is 0. The van der Waals surface area contributed by atoms with Crippen LogP contribution in [-0.2, 0) is 10.1 Å². The Hall–Kier alpha value is -1.08. The monoisotopic (exact) mass is 254 g/mol. The summed E-state index contributed by atoms with van der Waals surface area (Å²) in [6.07, 6.45) is -6.08. The average molecular weight is 254 g/mol. The third-order valence-electron chi connectivity index (χ3n) is 1.96. The van der Waals surface area contributed by atoms with Crippen molar-refractivity contribution in [2.75, 3.05) is 0 Å². The minimum Gasteiger partial charge on any atom is -0.282 e. The molecule has 0 aliphatic heterocycles. The zero-order chi connectivity index (χ0) is 12.5. The van der Waals surface area contributed by atoms with E-state index in [1.807, 2.05) is 0 Å². The summed E-state index contributed by atoms with van der Waals surface area (Å²) in [7, 11) is -4.70. The molecule has 0 saturated carbocycles. The molecule has 0 bridgehead atoms. The van der Waals surface area contributed by atoms with E-state index in [0.717, 1.165) is 12.1 Å². The van der Waals surface area contributed by atoms with E-state index < -0.39 is 33.2 Å². The van der Waals surface area contributed by atoms with Gasteiger partial charge in [-0.25, -0.2) is 13.2 Å². The first kappa shape index (κ1) is 13.0. The maximum Gasteiger partial charge on any atom is 0.294 e. The zero-order valence-electron chi connectivity index (χ0n) is 8.19. The van der Waals surface area contributed by atoms with Crippen molar-refractivity contribution in [1.82, 2.24) is 0 Å². The normalized spacial score (nSPS) is 14.1. The molecule has 1 aromatic carbocycles. The van der Waals surface area contributed by atoms with Gasteiger partial charge in [0.25, 0.3) is 16.5 Å². The number of hydrogen-bond acceptors (Lipinski definition) is 2. The highest BCUT2D eigenvalue weighted by Gasteiger charge is 2.28. The maximum absolute atomic E-state index is 13.1. The first-order valence-corrected chi connectivity index (χ1v) is 5.67. The molecule has 0 aliphatic carbocycles. The van der Waals surface area contributed by atoms with Crippen molar-refractivity contribution in [3.8, 4) is 0 Å². The lowest BCUT2D eigenvalue weighted by molar-refractivity contribution is 0.0480. The van der Waals surface area contributed by atoms with E-state index in [4.69, 9.17) is 4.55 Å². The highest BCUT2D eigenvalue weighted by atomic mass is 32.2. The van der Waals surface area contributed by atoms with Gasteiger partial charge in [-0.1, -0.05) is 17.7 Å². The standard InChI is InChI=1S/C9H9F3O3S/c1-5-2-3-7(16(13,14)15)6(4-5)8(10)9(11)12/h2-4,8-9H,1H3,(H,13,14,15). The molecule has 1 rings (SSSR count). The van der Waals surface area contributed by atoms with Crippen molar-refractivity contribution in [3.63, 3.8) is 0 Å². The molecule has 1 atom stereocenters. The van der Waals surface area contributed by atoms with E-state index in [1.165, 1.54) is 13.0 Å². The molecule has 16 heavy (non-hydrogen) atoms. The first-order chi connectivity index (χ1) is 7.23. The lowest BCUT2D eigenvalue weighted by atomic mass is 10.1. The van der Waals surface area contributed by atoms with Gasteiger partial charge in [-0.05, 0) is 13.0 Å². The summed E-state index contributed by atoms with van der Waals surface area (Å²) in [6, 6.07) is 3.15. The number of alkyl halides is 3. The van der Waals surface area contributed by atoms with E-state index in [2.05, 4.69) is 0 Å². The molecule has 0 amide bonds. The van der Waals surface area contributed by atoms with Crippen molar-refractivity contribution >= 4 is 10.1 Å². The topological polar surface area (TPSA) is 54.4 Å². The summed E-state index contributed by atoms with van der Waals surface area (Å²) in [6.45, 7) is 1.50. The Morgan fingerprint density at radius 1 is 1.25 bits per heavy atom. The highest BCUT2D eigenvalue weighted by Crippen LogP contribution is 2.30. The highest BCUT2D eigenvalue weighted by molar-refractivity contribution is 7.85. The third kappa shape index (κ3) is 2.73. The quantitative estimate of drug-likeness (QED) is 0.843. The molecule has 1 N–H and O–H groups in total. The van der Waals surface area contributed by atoms with Gasteiger partial charge >= 0.3 is 0 Å². The smallest absolute Gasteiger partial charge is 0.282 e. The second-order valence-electron chi connectivity index (χ2n) is 3.25. The molecule has 1 aromatic rings. The number of rotatable bonds is 3. The Kier molecular flexibility index (Phi) is 3.59. The van der Waals surface area contributed by atoms with E-state index in [-0.39, 0.29) is 0 Å². The summed E-state index contributed by atoms with van der Waals surface area (Å²) in [4.78, 5) is -0.828. The largest absolute Gasteiger partial charge is 0.294 e. The Bertz CT molecular complexity index is 485. The molecule has 0 heterocycles. The van der Waals surface area contributed by atoms with Crippen LogP contribution >= 0.6 is 0 Å². The van der Waals surface area contributed by atoms with Crippen molar-refractivity contribution in [2.45, 2.75) is 24.4 Å². The summed E-state index contributed by atoms with van der Waals surface area (Å²) in [5.74, 6) is 0. The van der Waals surface area contributed by atoms with Crippen LogP contribution in [0.25, 0.3) is 0 Å². The van der Waals surface area contributed by atoms with E-state index in [1.54, 1.807) is 0 Å². The molecule has 0 saturated heterocycles. The van der Waals surface area contributed by atoms with Crippen LogP contribution in [-0.4, -0.2) is 19.4 Å².